The number of benzene rings is 2. The van der Waals surface area contributed by atoms with Crippen molar-refractivity contribution in [2.45, 2.75) is 38.3 Å². The standard InChI is InChI=1S/C20H25NO/c22-15-18-8-6-16(7-9-18)12-13-21-20(19-10-11-19)14-17-4-2-1-3-5-17/h1-9,19-22H,10-15H2. The van der Waals surface area contributed by atoms with E-state index in [2.05, 4.69) is 47.8 Å². The van der Waals surface area contributed by atoms with Crippen LogP contribution in [0.25, 0.3) is 0 Å². The fourth-order valence-electron chi connectivity index (χ4n) is 2.99. The maximum atomic E-state index is 9.07. The Morgan fingerprint density at radius 1 is 0.909 bits per heavy atom. The van der Waals surface area contributed by atoms with E-state index in [1.807, 2.05) is 12.1 Å². The first-order valence-corrected chi connectivity index (χ1v) is 8.31. The molecule has 22 heavy (non-hydrogen) atoms. The molecule has 2 heteroatoms. The summed E-state index contributed by atoms with van der Waals surface area (Å²) in [4.78, 5) is 0. The van der Waals surface area contributed by atoms with E-state index in [9.17, 15) is 0 Å². The third-order valence-corrected chi connectivity index (χ3v) is 4.52. The van der Waals surface area contributed by atoms with Crippen molar-refractivity contribution in [1.29, 1.82) is 0 Å². The van der Waals surface area contributed by atoms with Crippen LogP contribution in [0, 0.1) is 5.92 Å². The summed E-state index contributed by atoms with van der Waals surface area (Å²) in [5.41, 5.74) is 3.75. The zero-order chi connectivity index (χ0) is 15.2. The molecule has 0 heterocycles. The lowest BCUT2D eigenvalue weighted by atomic mass is 10.0. The molecule has 1 saturated carbocycles. The highest BCUT2D eigenvalue weighted by Gasteiger charge is 2.30. The van der Waals surface area contributed by atoms with Crippen LogP contribution >= 0.6 is 0 Å². The van der Waals surface area contributed by atoms with Crippen molar-refractivity contribution >= 4 is 0 Å². The maximum Gasteiger partial charge on any atom is 0.0681 e. The molecule has 0 amide bonds. The van der Waals surface area contributed by atoms with E-state index in [4.69, 9.17) is 5.11 Å². The van der Waals surface area contributed by atoms with Crippen molar-refractivity contribution in [3.8, 4) is 0 Å². The molecule has 0 saturated heterocycles. The second-order valence-corrected chi connectivity index (χ2v) is 6.31. The topological polar surface area (TPSA) is 32.3 Å². The first-order valence-electron chi connectivity index (χ1n) is 8.31. The van der Waals surface area contributed by atoms with Crippen LogP contribution in [-0.2, 0) is 19.4 Å². The minimum Gasteiger partial charge on any atom is -0.392 e. The van der Waals surface area contributed by atoms with Crippen LogP contribution in [0.15, 0.2) is 54.6 Å². The second-order valence-electron chi connectivity index (χ2n) is 6.31. The molecule has 0 aromatic heterocycles. The molecule has 0 radical (unpaired) electrons. The summed E-state index contributed by atoms with van der Waals surface area (Å²) in [6.07, 6.45) is 4.92. The van der Waals surface area contributed by atoms with Crippen molar-refractivity contribution in [1.82, 2.24) is 5.32 Å². The van der Waals surface area contributed by atoms with E-state index >= 15 is 0 Å². The molecule has 0 bridgehead atoms. The van der Waals surface area contributed by atoms with E-state index in [1.165, 1.54) is 24.0 Å². The number of hydrogen-bond acceptors (Lipinski definition) is 2. The molecule has 0 spiro atoms. The predicted octanol–water partition coefficient (Wildman–Crippen LogP) is 3.33. The van der Waals surface area contributed by atoms with Gasteiger partial charge in [0.15, 0.2) is 0 Å². The summed E-state index contributed by atoms with van der Waals surface area (Å²) >= 11 is 0. The largest absolute Gasteiger partial charge is 0.392 e. The SMILES string of the molecule is OCc1ccc(CCNC(Cc2ccccc2)C2CC2)cc1. The average Bonchev–Trinajstić information content (AvgIpc) is 3.40. The summed E-state index contributed by atoms with van der Waals surface area (Å²) in [6, 6.07) is 19.7. The lowest BCUT2D eigenvalue weighted by Crippen LogP contribution is -2.34. The molecule has 0 aliphatic heterocycles. The Kier molecular flexibility index (Phi) is 5.25. The normalized spacial score (nSPS) is 15.7. The Labute approximate surface area is 133 Å². The second kappa shape index (κ2) is 7.57. The molecule has 2 aromatic carbocycles. The van der Waals surface area contributed by atoms with Crippen LogP contribution in [0.2, 0.25) is 0 Å². The van der Waals surface area contributed by atoms with Gasteiger partial charge in [-0.2, -0.15) is 0 Å². The van der Waals surface area contributed by atoms with Gasteiger partial charge < -0.3 is 10.4 Å². The Morgan fingerprint density at radius 3 is 2.23 bits per heavy atom. The molecule has 1 aliphatic rings. The van der Waals surface area contributed by atoms with E-state index in [1.54, 1.807) is 0 Å². The Morgan fingerprint density at radius 2 is 1.59 bits per heavy atom. The molecule has 1 fully saturated rings. The quantitative estimate of drug-likeness (QED) is 0.783. The molecular weight excluding hydrogens is 270 g/mol. The van der Waals surface area contributed by atoms with Gasteiger partial charge in [-0.3, -0.25) is 0 Å². The van der Waals surface area contributed by atoms with Gasteiger partial charge in [0.25, 0.3) is 0 Å². The molecule has 1 aliphatic carbocycles. The monoisotopic (exact) mass is 295 g/mol. The Balaban J connectivity index is 1.49. The number of rotatable bonds is 8. The number of aliphatic hydroxyl groups is 1. The van der Waals surface area contributed by atoms with E-state index < -0.39 is 0 Å². The first-order chi connectivity index (χ1) is 10.8. The van der Waals surface area contributed by atoms with E-state index in [-0.39, 0.29) is 6.61 Å². The van der Waals surface area contributed by atoms with Gasteiger partial charge >= 0.3 is 0 Å². The van der Waals surface area contributed by atoms with Gasteiger partial charge in [-0.15, -0.1) is 0 Å². The summed E-state index contributed by atoms with van der Waals surface area (Å²) in [5, 5.41) is 12.8. The highest BCUT2D eigenvalue weighted by Crippen LogP contribution is 2.34. The van der Waals surface area contributed by atoms with Gasteiger partial charge in [0.05, 0.1) is 6.61 Å². The highest BCUT2D eigenvalue weighted by molar-refractivity contribution is 5.22. The van der Waals surface area contributed by atoms with Gasteiger partial charge in [-0.1, -0.05) is 54.6 Å². The fraction of sp³-hybridized carbons (Fsp3) is 0.400. The van der Waals surface area contributed by atoms with Gasteiger partial charge in [-0.05, 0) is 54.8 Å². The van der Waals surface area contributed by atoms with Crippen molar-refractivity contribution < 1.29 is 5.11 Å². The van der Waals surface area contributed by atoms with Crippen LogP contribution < -0.4 is 5.32 Å². The molecule has 3 rings (SSSR count). The van der Waals surface area contributed by atoms with Crippen molar-refractivity contribution in [3.05, 3.63) is 71.3 Å². The molecule has 116 valence electrons. The highest BCUT2D eigenvalue weighted by atomic mass is 16.3. The van der Waals surface area contributed by atoms with Crippen LogP contribution in [0.4, 0.5) is 0 Å². The number of nitrogens with one attached hydrogen (secondary N) is 1. The van der Waals surface area contributed by atoms with Gasteiger partial charge in [0.2, 0.25) is 0 Å². The Bertz CT molecular complexity index is 560. The lowest BCUT2D eigenvalue weighted by molar-refractivity contribution is 0.282. The minimum absolute atomic E-state index is 0.124. The van der Waals surface area contributed by atoms with E-state index in [0.717, 1.165) is 30.9 Å². The van der Waals surface area contributed by atoms with Gasteiger partial charge in [0.1, 0.15) is 0 Å². The van der Waals surface area contributed by atoms with Crippen LogP contribution in [0.5, 0.6) is 0 Å². The minimum atomic E-state index is 0.124. The maximum absolute atomic E-state index is 9.07. The number of hydrogen-bond donors (Lipinski definition) is 2. The van der Waals surface area contributed by atoms with Gasteiger partial charge in [-0.25, -0.2) is 0 Å². The van der Waals surface area contributed by atoms with Crippen molar-refractivity contribution in [3.63, 3.8) is 0 Å². The smallest absolute Gasteiger partial charge is 0.0681 e. The molecule has 2 N–H and O–H groups in total. The third-order valence-electron chi connectivity index (χ3n) is 4.52. The first kappa shape index (κ1) is 15.3. The van der Waals surface area contributed by atoms with Gasteiger partial charge in [0, 0.05) is 6.04 Å². The zero-order valence-electron chi connectivity index (χ0n) is 13.0. The third kappa shape index (κ3) is 4.43. The summed E-state index contributed by atoms with van der Waals surface area (Å²) in [5.74, 6) is 0.858. The molecule has 2 aromatic rings. The zero-order valence-corrected chi connectivity index (χ0v) is 13.0. The fourth-order valence-corrected chi connectivity index (χ4v) is 2.99. The molecule has 1 unspecified atom stereocenters. The Hall–Kier alpha value is -1.64. The lowest BCUT2D eigenvalue weighted by Gasteiger charge is -2.18. The van der Waals surface area contributed by atoms with E-state index in [0.29, 0.717) is 6.04 Å². The van der Waals surface area contributed by atoms with Crippen molar-refractivity contribution in [2.24, 2.45) is 5.92 Å². The van der Waals surface area contributed by atoms with Crippen LogP contribution in [0.3, 0.4) is 0 Å². The summed E-state index contributed by atoms with van der Waals surface area (Å²) < 4.78 is 0. The summed E-state index contributed by atoms with van der Waals surface area (Å²) in [7, 11) is 0. The predicted molar refractivity (Wildman–Crippen MR) is 90.7 cm³/mol. The molecule has 1 atom stereocenters. The van der Waals surface area contributed by atoms with Crippen LogP contribution in [0.1, 0.15) is 29.5 Å². The van der Waals surface area contributed by atoms with Crippen molar-refractivity contribution in [2.75, 3.05) is 6.54 Å². The summed E-state index contributed by atoms with van der Waals surface area (Å²) in [6.45, 7) is 1.14. The number of aliphatic hydroxyl groups excluding tert-OH is 1. The van der Waals surface area contributed by atoms with Crippen LogP contribution in [-0.4, -0.2) is 17.7 Å². The average molecular weight is 295 g/mol. The molecular formula is C20H25NO. The molecule has 2 nitrogen and oxygen atoms in total.